The molecule has 2 aliphatic heterocycles. The zero-order valence-corrected chi connectivity index (χ0v) is 17.0. The summed E-state index contributed by atoms with van der Waals surface area (Å²) in [4.78, 5) is 16.1. The van der Waals surface area contributed by atoms with E-state index in [1.807, 2.05) is 0 Å². The number of ether oxygens (including phenoxy) is 1. The number of methoxy groups -OCH3 is 1. The average Bonchev–Trinajstić information content (AvgIpc) is 2.72. The first-order valence-electron chi connectivity index (χ1n) is 9.69. The number of nitrogens with zero attached hydrogens (tertiary/aromatic N) is 2. The smallest absolute Gasteiger partial charge is 0.243 e. The van der Waals surface area contributed by atoms with Gasteiger partial charge in [-0.3, -0.25) is 4.79 Å². The van der Waals surface area contributed by atoms with E-state index >= 15 is 0 Å². The van der Waals surface area contributed by atoms with Gasteiger partial charge < -0.3 is 14.5 Å². The zero-order valence-electron chi connectivity index (χ0n) is 16.1. The average molecular weight is 414 g/mol. The van der Waals surface area contributed by atoms with E-state index in [1.165, 1.54) is 18.2 Å². The Bertz CT molecular complexity index is 773. The normalized spacial score (nSPS) is 20.4. The van der Waals surface area contributed by atoms with E-state index in [4.69, 9.17) is 4.74 Å². The molecule has 2 aliphatic rings. The van der Waals surface area contributed by atoms with Gasteiger partial charge >= 0.3 is 0 Å². The van der Waals surface area contributed by atoms with Crippen LogP contribution in [0.4, 0.5) is 4.39 Å². The van der Waals surface area contributed by atoms with Crippen LogP contribution >= 0.6 is 0 Å². The molecule has 1 aromatic rings. The van der Waals surface area contributed by atoms with Gasteiger partial charge in [0, 0.05) is 39.3 Å². The number of amides is 1. The Hall–Kier alpha value is -1.55. The lowest BCUT2D eigenvalue weighted by atomic mass is 9.99. The van der Waals surface area contributed by atoms with E-state index in [0.29, 0.717) is 25.2 Å². The second kappa shape index (κ2) is 9.30. The summed E-state index contributed by atoms with van der Waals surface area (Å²) in [7, 11) is -2.30. The summed E-state index contributed by atoms with van der Waals surface area (Å²) in [6.45, 7) is 2.88. The maximum Gasteiger partial charge on any atom is 0.243 e. The number of carbonyl (C=O) groups excluding carboxylic acids is 1. The molecule has 0 unspecified atom stereocenters. The number of benzene rings is 1. The molecule has 2 fully saturated rings. The quantitative estimate of drug-likeness (QED) is 0.758. The Kier molecular flexibility index (Phi) is 7.03. The Morgan fingerprint density at radius 3 is 2.39 bits per heavy atom. The van der Waals surface area contributed by atoms with Crippen molar-refractivity contribution in [1.82, 2.24) is 14.5 Å². The van der Waals surface area contributed by atoms with Crippen molar-refractivity contribution in [2.24, 2.45) is 0 Å². The first kappa shape index (κ1) is 21.2. The molecule has 2 heterocycles. The van der Waals surface area contributed by atoms with Crippen molar-refractivity contribution in [3.05, 3.63) is 30.1 Å². The summed E-state index contributed by atoms with van der Waals surface area (Å²) in [6, 6.07) is 5.58. The highest BCUT2D eigenvalue weighted by atomic mass is 32.2. The molecule has 0 radical (unpaired) electrons. The maximum atomic E-state index is 13.7. The van der Waals surface area contributed by atoms with Crippen LogP contribution in [0.3, 0.4) is 0 Å². The van der Waals surface area contributed by atoms with Gasteiger partial charge in [-0.2, -0.15) is 0 Å². The number of nitrogens with one attached hydrogen (secondary N) is 1. The summed E-state index contributed by atoms with van der Waals surface area (Å²) in [5, 5.41) is 0. The molecule has 156 valence electrons. The van der Waals surface area contributed by atoms with Crippen molar-refractivity contribution in [2.75, 3.05) is 39.8 Å². The lowest BCUT2D eigenvalue weighted by molar-refractivity contribution is -0.131. The van der Waals surface area contributed by atoms with Crippen LogP contribution in [0, 0.1) is 5.82 Å². The van der Waals surface area contributed by atoms with E-state index in [1.54, 1.807) is 12.0 Å². The molecule has 3 rings (SSSR count). The highest BCUT2D eigenvalue weighted by Crippen LogP contribution is 2.22. The molecule has 0 aliphatic carbocycles. The molecule has 7 nitrogen and oxygen atoms in total. The van der Waals surface area contributed by atoms with Gasteiger partial charge in [0.05, 0.1) is 12.6 Å². The van der Waals surface area contributed by atoms with Crippen molar-refractivity contribution < 1.29 is 22.3 Å². The minimum atomic E-state index is -4.05. The standard InChI is InChI=1S/C19H28FN3O4S/c1-27-16-8-12-22(13-9-16)15-6-10-23(11-7-15)19(24)14-21-28(25,26)18-5-3-2-4-17(18)20/h2-5,15-16,21H,6-14H2,1H3. The first-order valence-corrected chi connectivity index (χ1v) is 11.2. The molecule has 9 heteroatoms. The van der Waals surface area contributed by atoms with Gasteiger partial charge in [0.2, 0.25) is 15.9 Å². The predicted molar refractivity (Wildman–Crippen MR) is 103 cm³/mol. The molecule has 0 spiro atoms. The molecule has 1 amide bonds. The van der Waals surface area contributed by atoms with Crippen LogP contribution < -0.4 is 4.72 Å². The Balaban J connectivity index is 1.46. The van der Waals surface area contributed by atoms with Gasteiger partial charge in [-0.1, -0.05) is 12.1 Å². The number of likely N-dealkylation sites (tertiary alicyclic amines) is 2. The van der Waals surface area contributed by atoms with Gasteiger partial charge in [0.25, 0.3) is 0 Å². The van der Waals surface area contributed by atoms with Crippen LogP contribution in [0.1, 0.15) is 25.7 Å². The molecule has 28 heavy (non-hydrogen) atoms. The molecule has 0 aromatic heterocycles. The molecule has 0 bridgehead atoms. The van der Waals surface area contributed by atoms with E-state index in [2.05, 4.69) is 9.62 Å². The highest BCUT2D eigenvalue weighted by molar-refractivity contribution is 7.89. The molecular weight excluding hydrogens is 385 g/mol. The molecule has 1 N–H and O–H groups in total. The van der Waals surface area contributed by atoms with Gasteiger partial charge in [-0.15, -0.1) is 0 Å². The van der Waals surface area contributed by atoms with E-state index in [0.717, 1.165) is 44.8 Å². The first-order chi connectivity index (χ1) is 13.4. The van der Waals surface area contributed by atoms with Crippen LogP contribution in [0.2, 0.25) is 0 Å². The fourth-order valence-electron chi connectivity index (χ4n) is 3.97. The zero-order chi connectivity index (χ0) is 20.1. The predicted octanol–water partition coefficient (Wildman–Crippen LogP) is 1.21. The van der Waals surface area contributed by atoms with Crippen molar-refractivity contribution >= 4 is 15.9 Å². The fourth-order valence-corrected chi connectivity index (χ4v) is 5.02. The van der Waals surface area contributed by atoms with Crippen molar-refractivity contribution in [3.8, 4) is 0 Å². The van der Waals surface area contributed by atoms with Gasteiger partial charge in [-0.05, 0) is 37.8 Å². The number of carbonyl (C=O) groups is 1. The van der Waals surface area contributed by atoms with Gasteiger partial charge in [-0.25, -0.2) is 17.5 Å². The van der Waals surface area contributed by atoms with E-state index < -0.39 is 20.7 Å². The number of rotatable bonds is 6. The highest BCUT2D eigenvalue weighted by Gasteiger charge is 2.30. The summed E-state index contributed by atoms with van der Waals surface area (Å²) < 4.78 is 45.8. The minimum Gasteiger partial charge on any atom is -0.381 e. The number of sulfonamides is 1. The number of piperidine rings is 2. The summed E-state index contributed by atoms with van der Waals surface area (Å²) in [5.41, 5.74) is 0. The number of hydrogen-bond acceptors (Lipinski definition) is 5. The minimum absolute atomic E-state index is 0.281. The summed E-state index contributed by atoms with van der Waals surface area (Å²) in [5.74, 6) is -1.11. The lowest BCUT2D eigenvalue weighted by Crippen LogP contribution is -2.51. The van der Waals surface area contributed by atoms with Crippen molar-refractivity contribution in [1.29, 1.82) is 0 Å². The molecule has 0 saturated carbocycles. The van der Waals surface area contributed by atoms with Crippen LogP contribution in [0.5, 0.6) is 0 Å². The second-order valence-corrected chi connectivity index (χ2v) is 9.07. The summed E-state index contributed by atoms with van der Waals surface area (Å²) in [6.07, 6.45) is 4.17. The monoisotopic (exact) mass is 413 g/mol. The molecular formula is C19H28FN3O4S. The number of hydrogen-bond donors (Lipinski definition) is 1. The third-order valence-corrected chi connectivity index (χ3v) is 7.12. The van der Waals surface area contributed by atoms with Gasteiger partial charge in [0.15, 0.2) is 0 Å². The third kappa shape index (κ3) is 5.08. The largest absolute Gasteiger partial charge is 0.381 e. The number of halogens is 1. The Morgan fingerprint density at radius 1 is 1.14 bits per heavy atom. The lowest BCUT2D eigenvalue weighted by Gasteiger charge is -2.41. The SMILES string of the molecule is COC1CCN(C2CCN(C(=O)CNS(=O)(=O)c3ccccc3F)CC2)CC1. The topological polar surface area (TPSA) is 79.0 Å². The molecule has 2 saturated heterocycles. The fraction of sp³-hybridized carbons (Fsp3) is 0.632. The third-order valence-electron chi connectivity index (χ3n) is 5.68. The van der Waals surface area contributed by atoms with Crippen molar-refractivity contribution in [2.45, 2.75) is 42.7 Å². The van der Waals surface area contributed by atoms with Crippen LogP contribution in [0.25, 0.3) is 0 Å². The van der Waals surface area contributed by atoms with Crippen molar-refractivity contribution in [3.63, 3.8) is 0 Å². The van der Waals surface area contributed by atoms with E-state index in [-0.39, 0.29) is 12.5 Å². The molecule has 0 atom stereocenters. The van der Waals surface area contributed by atoms with E-state index in [9.17, 15) is 17.6 Å². The molecule has 1 aromatic carbocycles. The maximum absolute atomic E-state index is 13.7. The van der Waals surface area contributed by atoms with Crippen LogP contribution in [0.15, 0.2) is 29.2 Å². The second-order valence-electron chi connectivity index (χ2n) is 7.34. The van der Waals surface area contributed by atoms with Crippen LogP contribution in [-0.4, -0.2) is 76.1 Å². The summed E-state index contributed by atoms with van der Waals surface area (Å²) >= 11 is 0. The van der Waals surface area contributed by atoms with Gasteiger partial charge in [0.1, 0.15) is 10.7 Å². The van der Waals surface area contributed by atoms with Crippen LogP contribution in [-0.2, 0) is 19.6 Å². The Labute approximate surface area is 165 Å². The Morgan fingerprint density at radius 2 is 1.79 bits per heavy atom.